The van der Waals surface area contributed by atoms with E-state index in [2.05, 4.69) is 6.92 Å². The Bertz CT molecular complexity index is 489. The van der Waals surface area contributed by atoms with Crippen LogP contribution in [0.5, 0.6) is 0 Å². The Balaban J connectivity index is 2.35. The largest absolute Gasteiger partial charge is 0.459 e. The Labute approximate surface area is 126 Å². The molecule has 2 aliphatic rings. The molecular weight excluding hydrogens is 268 g/mol. The van der Waals surface area contributed by atoms with Gasteiger partial charge in [-0.25, -0.2) is 0 Å². The molecule has 0 aliphatic heterocycles. The van der Waals surface area contributed by atoms with Crippen molar-refractivity contribution in [2.45, 2.75) is 65.6 Å². The van der Waals surface area contributed by atoms with Crippen molar-refractivity contribution in [3.05, 3.63) is 11.1 Å². The van der Waals surface area contributed by atoms with Crippen LogP contribution in [-0.2, 0) is 14.3 Å². The van der Waals surface area contributed by atoms with E-state index in [-0.39, 0.29) is 29.5 Å². The third kappa shape index (κ3) is 3.05. The molecule has 1 saturated carbocycles. The molecule has 0 unspecified atom stereocenters. The summed E-state index contributed by atoms with van der Waals surface area (Å²) in [5.41, 5.74) is 1.28. The second-order valence-corrected chi connectivity index (χ2v) is 7.17. The number of Topliss-reactive ketones (excluding diaryl/α,β-unsaturated/α-hetero) is 1. The fraction of sp³-hybridized carbons (Fsp3) is 0.765. The first kappa shape index (κ1) is 16.2. The van der Waals surface area contributed by atoms with Gasteiger partial charge in [-0.15, -0.1) is 0 Å². The lowest BCUT2D eigenvalue weighted by Gasteiger charge is -2.36. The van der Waals surface area contributed by atoms with Crippen molar-refractivity contribution in [3.8, 4) is 0 Å². The van der Waals surface area contributed by atoms with E-state index in [0.717, 1.165) is 11.1 Å². The van der Waals surface area contributed by atoms with Gasteiger partial charge in [0.05, 0.1) is 6.10 Å². The number of rotatable bonds is 2. The quantitative estimate of drug-likeness (QED) is 0.795. The first-order chi connectivity index (χ1) is 9.63. The van der Waals surface area contributed by atoms with Gasteiger partial charge in [-0.1, -0.05) is 12.5 Å². The summed E-state index contributed by atoms with van der Waals surface area (Å²) in [7, 11) is 0. The molecule has 0 bridgehead atoms. The summed E-state index contributed by atoms with van der Waals surface area (Å²) in [6.45, 7) is 9.07. The number of ether oxygens (including phenoxy) is 1. The molecule has 4 nitrogen and oxygen atoms in total. The molecule has 0 amide bonds. The highest BCUT2D eigenvalue weighted by Gasteiger charge is 2.45. The van der Waals surface area contributed by atoms with E-state index >= 15 is 0 Å². The molecular formula is C17H26O4. The molecule has 0 aromatic carbocycles. The second kappa shape index (κ2) is 5.56. The number of carbonyl (C=O) groups excluding carboxylic acids is 2. The molecule has 2 rings (SSSR count). The van der Waals surface area contributed by atoms with Crippen LogP contribution in [0.3, 0.4) is 0 Å². The van der Waals surface area contributed by atoms with Crippen LogP contribution in [0.2, 0.25) is 0 Å². The maximum absolute atomic E-state index is 12.0. The zero-order valence-electron chi connectivity index (χ0n) is 13.6. The molecule has 2 aliphatic carbocycles. The molecule has 4 atom stereocenters. The van der Waals surface area contributed by atoms with Crippen LogP contribution in [0.15, 0.2) is 11.1 Å². The van der Waals surface area contributed by atoms with Crippen molar-refractivity contribution in [2.24, 2.45) is 17.8 Å². The minimum absolute atomic E-state index is 0.176. The minimum atomic E-state index is -0.737. The number of aliphatic hydroxyl groups is 1. The monoisotopic (exact) mass is 294 g/mol. The maximum Gasteiger partial charge on any atom is 0.303 e. The molecule has 1 N–H and O–H groups in total. The standard InChI is InChI=1S/C17H26O4/c1-9-6-16(20)14(17(4,5)21-11(3)18)7-13-10(2)15(19)8-12(9)13/h9,12,14,16,20H,6-8H2,1-5H3/t9-,12+,14-,16+/m0/s1. The van der Waals surface area contributed by atoms with Gasteiger partial charge in [0.2, 0.25) is 0 Å². The van der Waals surface area contributed by atoms with Crippen molar-refractivity contribution in [1.29, 1.82) is 0 Å². The minimum Gasteiger partial charge on any atom is -0.459 e. The van der Waals surface area contributed by atoms with Crippen LogP contribution >= 0.6 is 0 Å². The molecule has 4 heteroatoms. The summed E-state index contributed by atoms with van der Waals surface area (Å²) in [4.78, 5) is 23.3. The van der Waals surface area contributed by atoms with Gasteiger partial charge in [0.1, 0.15) is 5.60 Å². The highest BCUT2D eigenvalue weighted by molar-refractivity contribution is 5.98. The van der Waals surface area contributed by atoms with Gasteiger partial charge < -0.3 is 9.84 Å². The molecule has 21 heavy (non-hydrogen) atoms. The van der Waals surface area contributed by atoms with E-state index < -0.39 is 11.7 Å². The Morgan fingerprint density at radius 2 is 1.95 bits per heavy atom. The van der Waals surface area contributed by atoms with E-state index in [4.69, 9.17) is 4.74 Å². The lowest BCUT2D eigenvalue weighted by Crippen LogP contribution is -2.42. The fourth-order valence-electron chi connectivity index (χ4n) is 4.02. The summed E-state index contributed by atoms with van der Waals surface area (Å²) in [6.07, 6.45) is 1.32. The fourth-order valence-corrected chi connectivity index (χ4v) is 4.02. The van der Waals surface area contributed by atoms with Crippen molar-refractivity contribution in [3.63, 3.8) is 0 Å². The molecule has 0 aromatic heterocycles. The summed E-state index contributed by atoms with van der Waals surface area (Å²) >= 11 is 0. The van der Waals surface area contributed by atoms with Gasteiger partial charge in [-0.05, 0) is 51.0 Å². The number of aliphatic hydroxyl groups excluding tert-OH is 1. The van der Waals surface area contributed by atoms with Gasteiger partial charge in [0.15, 0.2) is 5.78 Å². The van der Waals surface area contributed by atoms with Gasteiger partial charge in [0.25, 0.3) is 0 Å². The molecule has 0 saturated heterocycles. The number of allylic oxidation sites excluding steroid dienone is 2. The molecule has 0 spiro atoms. The lowest BCUT2D eigenvalue weighted by atomic mass is 9.81. The van der Waals surface area contributed by atoms with E-state index in [1.165, 1.54) is 6.92 Å². The zero-order valence-corrected chi connectivity index (χ0v) is 13.6. The summed E-state index contributed by atoms with van der Waals surface area (Å²) in [5.74, 6) is 0.223. The maximum atomic E-state index is 12.0. The summed E-state index contributed by atoms with van der Waals surface area (Å²) < 4.78 is 5.44. The smallest absolute Gasteiger partial charge is 0.303 e. The molecule has 0 aromatic rings. The highest BCUT2D eigenvalue weighted by Crippen LogP contribution is 2.46. The Kier molecular flexibility index (Phi) is 4.29. The van der Waals surface area contributed by atoms with Crippen molar-refractivity contribution < 1.29 is 19.4 Å². The van der Waals surface area contributed by atoms with Gasteiger partial charge in [-0.2, -0.15) is 0 Å². The van der Waals surface area contributed by atoms with E-state index in [1.54, 1.807) is 0 Å². The normalized spacial score (nSPS) is 33.7. The van der Waals surface area contributed by atoms with E-state index in [1.807, 2.05) is 20.8 Å². The van der Waals surface area contributed by atoms with Crippen LogP contribution in [0.4, 0.5) is 0 Å². The van der Waals surface area contributed by atoms with Crippen LogP contribution in [0, 0.1) is 17.8 Å². The Morgan fingerprint density at radius 3 is 2.52 bits per heavy atom. The summed E-state index contributed by atoms with van der Waals surface area (Å²) in [6, 6.07) is 0. The van der Waals surface area contributed by atoms with Gasteiger partial charge >= 0.3 is 5.97 Å². The Hall–Kier alpha value is -1.16. The van der Waals surface area contributed by atoms with Crippen LogP contribution in [-0.4, -0.2) is 28.6 Å². The number of fused-ring (bicyclic) bond motifs is 1. The number of hydrogen-bond acceptors (Lipinski definition) is 4. The molecule has 0 radical (unpaired) electrons. The van der Waals surface area contributed by atoms with E-state index in [0.29, 0.717) is 19.3 Å². The lowest BCUT2D eigenvalue weighted by molar-refractivity contribution is -0.163. The SMILES string of the molecule is CC(=O)OC(C)(C)[C@H]1CC2=C(C)C(=O)C[C@@H]2[C@@H](C)C[C@H]1O. The van der Waals surface area contributed by atoms with Crippen molar-refractivity contribution in [2.75, 3.05) is 0 Å². The van der Waals surface area contributed by atoms with Crippen LogP contribution in [0.25, 0.3) is 0 Å². The van der Waals surface area contributed by atoms with Crippen molar-refractivity contribution in [1.82, 2.24) is 0 Å². The van der Waals surface area contributed by atoms with Crippen LogP contribution in [0.1, 0.15) is 53.9 Å². The highest BCUT2D eigenvalue weighted by atomic mass is 16.6. The first-order valence-corrected chi connectivity index (χ1v) is 7.74. The third-order valence-corrected chi connectivity index (χ3v) is 5.26. The van der Waals surface area contributed by atoms with E-state index in [9.17, 15) is 14.7 Å². The predicted octanol–water partition coefficient (Wildman–Crippen LogP) is 2.64. The van der Waals surface area contributed by atoms with Gasteiger partial charge in [0, 0.05) is 19.3 Å². The summed E-state index contributed by atoms with van der Waals surface area (Å²) in [5, 5.41) is 10.6. The third-order valence-electron chi connectivity index (χ3n) is 5.26. The average Bonchev–Trinajstić information content (AvgIpc) is 2.53. The molecule has 0 heterocycles. The number of ketones is 1. The zero-order chi connectivity index (χ0) is 15.9. The average molecular weight is 294 g/mol. The van der Waals surface area contributed by atoms with Crippen molar-refractivity contribution >= 4 is 11.8 Å². The van der Waals surface area contributed by atoms with Crippen LogP contribution < -0.4 is 0 Å². The van der Waals surface area contributed by atoms with Gasteiger partial charge in [-0.3, -0.25) is 9.59 Å². The predicted molar refractivity (Wildman–Crippen MR) is 79.6 cm³/mol. The first-order valence-electron chi connectivity index (χ1n) is 7.74. The number of esters is 1. The topological polar surface area (TPSA) is 63.6 Å². The Morgan fingerprint density at radius 1 is 1.33 bits per heavy atom. The molecule has 1 fully saturated rings. The number of hydrogen-bond donors (Lipinski definition) is 1. The number of carbonyl (C=O) groups is 2. The molecule has 118 valence electrons. The second-order valence-electron chi connectivity index (χ2n) is 7.17.